The van der Waals surface area contributed by atoms with Crippen molar-refractivity contribution in [3.63, 3.8) is 0 Å². The predicted molar refractivity (Wildman–Crippen MR) is 99.0 cm³/mol. The SMILES string of the molecule is CC(C)CNC(=O)c1ccc(NC(=O)NC2CCC(O)CC2)cc1Cl. The smallest absolute Gasteiger partial charge is 0.319 e. The minimum absolute atomic E-state index is 0.0694. The number of halogens is 1. The van der Waals surface area contributed by atoms with E-state index >= 15 is 0 Å². The lowest BCUT2D eigenvalue weighted by Crippen LogP contribution is -2.40. The molecule has 1 aliphatic carbocycles. The Kier molecular flexibility index (Phi) is 7.08. The summed E-state index contributed by atoms with van der Waals surface area (Å²) in [4.78, 5) is 24.1. The van der Waals surface area contributed by atoms with Crippen LogP contribution in [0.1, 0.15) is 49.9 Å². The van der Waals surface area contributed by atoms with E-state index in [4.69, 9.17) is 11.6 Å². The van der Waals surface area contributed by atoms with Crippen LogP contribution in [-0.4, -0.2) is 35.7 Å². The van der Waals surface area contributed by atoms with Crippen LogP contribution < -0.4 is 16.0 Å². The fourth-order valence-corrected chi connectivity index (χ4v) is 3.01. The van der Waals surface area contributed by atoms with Crippen LogP contribution in [0.3, 0.4) is 0 Å². The molecule has 7 heteroatoms. The fraction of sp³-hybridized carbons (Fsp3) is 0.556. The number of anilines is 1. The molecule has 0 radical (unpaired) electrons. The molecule has 0 saturated heterocycles. The number of carbonyl (C=O) groups is 2. The van der Waals surface area contributed by atoms with Crippen molar-refractivity contribution in [3.05, 3.63) is 28.8 Å². The molecule has 3 amide bonds. The molecule has 1 fully saturated rings. The highest BCUT2D eigenvalue weighted by atomic mass is 35.5. The number of carbonyl (C=O) groups excluding carboxylic acids is 2. The molecule has 0 bridgehead atoms. The average molecular weight is 368 g/mol. The standard InChI is InChI=1S/C18H26ClN3O3/c1-11(2)10-20-17(24)15-8-5-13(9-16(15)19)22-18(25)21-12-3-6-14(23)7-4-12/h5,8-9,11-12,14,23H,3-4,6-7,10H2,1-2H3,(H,20,24)(H2,21,22,25). The zero-order chi connectivity index (χ0) is 18.4. The number of benzene rings is 1. The van der Waals surface area contributed by atoms with Gasteiger partial charge in [0.2, 0.25) is 0 Å². The van der Waals surface area contributed by atoms with Crippen molar-refractivity contribution < 1.29 is 14.7 Å². The van der Waals surface area contributed by atoms with E-state index < -0.39 is 0 Å². The zero-order valence-electron chi connectivity index (χ0n) is 14.6. The van der Waals surface area contributed by atoms with Crippen LogP contribution in [-0.2, 0) is 0 Å². The number of rotatable bonds is 5. The number of hydrogen-bond acceptors (Lipinski definition) is 3. The molecule has 0 aliphatic heterocycles. The van der Waals surface area contributed by atoms with E-state index in [1.165, 1.54) is 0 Å². The van der Waals surface area contributed by atoms with Gasteiger partial charge in [-0.25, -0.2) is 4.79 Å². The summed E-state index contributed by atoms with van der Waals surface area (Å²) in [6, 6.07) is 4.58. The molecule has 0 unspecified atom stereocenters. The minimum Gasteiger partial charge on any atom is -0.393 e. The van der Waals surface area contributed by atoms with Gasteiger partial charge in [-0.1, -0.05) is 25.4 Å². The summed E-state index contributed by atoms with van der Waals surface area (Å²) in [7, 11) is 0. The molecule has 0 atom stereocenters. The lowest BCUT2D eigenvalue weighted by Gasteiger charge is -2.26. The molecule has 1 aliphatic rings. The number of aliphatic hydroxyl groups excluding tert-OH is 1. The monoisotopic (exact) mass is 367 g/mol. The topological polar surface area (TPSA) is 90.5 Å². The zero-order valence-corrected chi connectivity index (χ0v) is 15.4. The second-order valence-electron chi connectivity index (χ2n) is 6.90. The van der Waals surface area contributed by atoms with Crippen molar-refractivity contribution in [1.29, 1.82) is 0 Å². The second kappa shape index (κ2) is 9.06. The van der Waals surface area contributed by atoms with Gasteiger partial charge in [0.25, 0.3) is 5.91 Å². The number of urea groups is 1. The van der Waals surface area contributed by atoms with E-state index in [0.717, 1.165) is 12.8 Å². The highest BCUT2D eigenvalue weighted by molar-refractivity contribution is 6.34. The summed E-state index contributed by atoms with van der Waals surface area (Å²) >= 11 is 6.17. The van der Waals surface area contributed by atoms with Crippen LogP contribution in [0.25, 0.3) is 0 Å². The Bertz CT molecular complexity index is 614. The van der Waals surface area contributed by atoms with E-state index in [0.29, 0.717) is 41.6 Å². The van der Waals surface area contributed by atoms with Crippen molar-refractivity contribution in [3.8, 4) is 0 Å². The first-order chi connectivity index (χ1) is 11.8. The molecule has 138 valence electrons. The van der Waals surface area contributed by atoms with Crippen LogP contribution in [0.5, 0.6) is 0 Å². The Labute approximate surface area is 153 Å². The maximum absolute atomic E-state index is 12.1. The van der Waals surface area contributed by atoms with E-state index in [2.05, 4.69) is 16.0 Å². The Hall–Kier alpha value is -1.79. The summed E-state index contributed by atoms with van der Waals surface area (Å²) in [6.07, 6.45) is 2.69. The maximum atomic E-state index is 12.1. The first-order valence-electron chi connectivity index (χ1n) is 8.68. The third-order valence-electron chi connectivity index (χ3n) is 4.17. The van der Waals surface area contributed by atoms with Gasteiger partial charge in [0, 0.05) is 18.3 Å². The summed E-state index contributed by atoms with van der Waals surface area (Å²) in [5, 5.41) is 18.2. The van der Waals surface area contributed by atoms with Gasteiger partial charge in [-0.15, -0.1) is 0 Å². The molecule has 4 N–H and O–H groups in total. The third-order valence-corrected chi connectivity index (χ3v) is 4.49. The highest BCUT2D eigenvalue weighted by Gasteiger charge is 2.21. The molecule has 25 heavy (non-hydrogen) atoms. The normalized spacial score (nSPS) is 20.2. The molecular weight excluding hydrogens is 342 g/mol. The van der Waals surface area contributed by atoms with Gasteiger partial charge in [0.1, 0.15) is 0 Å². The van der Waals surface area contributed by atoms with Crippen LogP contribution in [0.2, 0.25) is 5.02 Å². The van der Waals surface area contributed by atoms with Crippen LogP contribution in [0.4, 0.5) is 10.5 Å². The summed E-state index contributed by atoms with van der Waals surface area (Å²) in [5.41, 5.74) is 0.910. The van der Waals surface area contributed by atoms with Crippen molar-refractivity contribution >= 4 is 29.2 Å². The summed E-state index contributed by atoms with van der Waals surface area (Å²) < 4.78 is 0. The summed E-state index contributed by atoms with van der Waals surface area (Å²) in [6.45, 7) is 4.61. The number of hydrogen-bond donors (Lipinski definition) is 4. The van der Waals surface area contributed by atoms with Crippen molar-refractivity contribution in [2.75, 3.05) is 11.9 Å². The quantitative estimate of drug-likeness (QED) is 0.644. The predicted octanol–water partition coefficient (Wildman–Crippen LogP) is 3.15. The highest BCUT2D eigenvalue weighted by Crippen LogP contribution is 2.22. The lowest BCUT2D eigenvalue weighted by atomic mass is 9.93. The Morgan fingerprint density at radius 1 is 1.24 bits per heavy atom. The third kappa shape index (κ3) is 6.21. The van der Waals surface area contributed by atoms with Gasteiger partial charge in [0.15, 0.2) is 0 Å². The van der Waals surface area contributed by atoms with Gasteiger partial charge >= 0.3 is 6.03 Å². The number of nitrogens with one attached hydrogen (secondary N) is 3. The summed E-state index contributed by atoms with van der Waals surface area (Å²) in [5.74, 6) is 0.128. The molecule has 6 nitrogen and oxygen atoms in total. The second-order valence-corrected chi connectivity index (χ2v) is 7.31. The van der Waals surface area contributed by atoms with Crippen LogP contribution >= 0.6 is 11.6 Å². The Balaban J connectivity index is 1.89. The first kappa shape index (κ1) is 19.5. The lowest BCUT2D eigenvalue weighted by molar-refractivity contribution is 0.0949. The molecule has 0 aromatic heterocycles. The molecule has 0 spiro atoms. The largest absolute Gasteiger partial charge is 0.393 e. The Morgan fingerprint density at radius 2 is 1.92 bits per heavy atom. The van der Waals surface area contributed by atoms with Crippen LogP contribution in [0, 0.1) is 5.92 Å². The van der Waals surface area contributed by atoms with Crippen molar-refractivity contribution in [2.24, 2.45) is 5.92 Å². The van der Waals surface area contributed by atoms with Crippen molar-refractivity contribution in [2.45, 2.75) is 51.7 Å². The minimum atomic E-state index is -0.311. The molecule has 1 aromatic carbocycles. The Morgan fingerprint density at radius 3 is 2.52 bits per heavy atom. The van der Waals surface area contributed by atoms with Gasteiger partial charge < -0.3 is 21.1 Å². The van der Waals surface area contributed by atoms with Gasteiger partial charge in [-0.2, -0.15) is 0 Å². The van der Waals surface area contributed by atoms with Crippen molar-refractivity contribution in [1.82, 2.24) is 10.6 Å². The molecular formula is C18H26ClN3O3. The van der Waals surface area contributed by atoms with E-state index in [-0.39, 0.29) is 24.1 Å². The molecule has 0 heterocycles. The fourth-order valence-electron chi connectivity index (χ4n) is 2.74. The van der Waals surface area contributed by atoms with Gasteiger partial charge in [0.05, 0.1) is 16.7 Å². The van der Waals surface area contributed by atoms with Gasteiger partial charge in [-0.3, -0.25) is 4.79 Å². The van der Waals surface area contributed by atoms with E-state index in [1.54, 1.807) is 18.2 Å². The first-order valence-corrected chi connectivity index (χ1v) is 9.06. The van der Waals surface area contributed by atoms with E-state index in [9.17, 15) is 14.7 Å². The molecule has 1 aromatic rings. The van der Waals surface area contributed by atoms with Crippen LogP contribution in [0.15, 0.2) is 18.2 Å². The van der Waals surface area contributed by atoms with E-state index in [1.807, 2.05) is 13.8 Å². The van der Waals surface area contributed by atoms with Gasteiger partial charge in [-0.05, 0) is 49.8 Å². The average Bonchev–Trinajstić information content (AvgIpc) is 2.55. The maximum Gasteiger partial charge on any atom is 0.319 e. The molecule has 2 rings (SSSR count). The number of aliphatic hydroxyl groups is 1. The number of amides is 3. The molecule has 1 saturated carbocycles.